The molecule has 3 N–H and O–H groups in total. The van der Waals surface area contributed by atoms with Gasteiger partial charge in [0.1, 0.15) is 5.82 Å². The van der Waals surface area contributed by atoms with Gasteiger partial charge in [-0.15, -0.1) is 0 Å². The van der Waals surface area contributed by atoms with Gasteiger partial charge in [-0.1, -0.05) is 0 Å². The van der Waals surface area contributed by atoms with Crippen LogP contribution in [0.2, 0.25) is 0 Å². The molecule has 90 valence electrons. The molecule has 18 heavy (non-hydrogen) atoms. The van der Waals surface area contributed by atoms with E-state index in [9.17, 15) is 9.59 Å². The van der Waals surface area contributed by atoms with Crippen LogP contribution in [0.15, 0.2) is 42.9 Å². The van der Waals surface area contributed by atoms with Crippen molar-refractivity contribution in [2.24, 2.45) is 5.73 Å². The molecule has 0 aromatic carbocycles. The van der Waals surface area contributed by atoms with Gasteiger partial charge in [0.2, 0.25) is 0 Å². The van der Waals surface area contributed by atoms with E-state index in [2.05, 4.69) is 15.3 Å². The number of carbonyl (C=O) groups is 2. The molecule has 2 aromatic rings. The van der Waals surface area contributed by atoms with Crippen molar-refractivity contribution >= 4 is 17.6 Å². The van der Waals surface area contributed by atoms with Crippen LogP contribution in [0.1, 0.15) is 20.7 Å². The zero-order valence-electron chi connectivity index (χ0n) is 9.33. The molecule has 0 saturated heterocycles. The normalized spacial score (nSPS) is 9.78. The summed E-state index contributed by atoms with van der Waals surface area (Å²) in [6.45, 7) is 0. The van der Waals surface area contributed by atoms with Crippen molar-refractivity contribution in [1.82, 2.24) is 9.97 Å². The summed E-state index contributed by atoms with van der Waals surface area (Å²) in [5, 5.41) is 2.52. The van der Waals surface area contributed by atoms with Crippen LogP contribution in [-0.2, 0) is 0 Å². The second kappa shape index (κ2) is 5.05. The van der Waals surface area contributed by atoms with E-state index in [1.165, 1.54) is 18.5 Å². The summed E-state index contributed by atoms with van der Waals surface area (Å²) in [4.78, 5) is 30.7. The molecule has 0 aliphatic carbocycles. The predicted octanol–water partition coefficient (Wildman–Crippen LogP) is 0.828. The molecule has 2 aromatic heterocycles. The van der Waals surface area contributed by atoms with Crippen molar-refractivity contribution in [3.8, 4) is 0 Å². The fourth-order valence-corrected chi connectivity index (χ4v) is 1.38. The molecule has 6 heteroatoms. The Morgan fingerprint density at radius 2 is 1.94 bits per heavy atom. The van der Waals surface area contributed by atoms with Crippen molar-refractivity contribution in [2.45, 2.75) is 0 Å². The van der Waals surface area contributed by atoms with Crippen LogP contribution >= 0.6 is 0 Å². The Balaban J connectivity index is 2.25. The maximum Gasteiger partial charge on any atom is 0.258 e. The van der Waals surface area contributed by atoms with Crippen LogP contribution in [0, 0.1) is 0 Å². The van der Waals surface area contributed by atoms with E-state index in [1.54, 1.807) is 24.4 Å². The lowest BCUT2D eigenvalue weighted by Gasteiger charge is -2.06. The smallest absolute Gasteiger partial charge is 0.258 e. The highest BCUT2D eigenvalue weighted by Gasteiger charge is 2.12. The second-order valence-corrected chi connectivity index (χ2v) is 3.46. The van der Waals surface area contributed by atoms with Crippen LogP contribution in [-0.4, -0.2) is 21.8 Å². The quantitative estimate of drug-likeness (QED) is 0.832. The first kappa shape index (κ1) is 11.7. The van der Waals surface area contributed by atoms with Crippen molar-refractivity contribution in [3.05, 3.63) is 54.0 Å². The number of hydrogen-bond donors (Lipinski definition) is 2. The Morgan fingerprint density at radius 3 is 2.61 bits per heavy atom. The Hall–Kier alpha value is -2.76. The molecule has 2 amide bonds. The zero-order chi connectivity index (χ0) is 13.0. The van der Waals surface area contributed by atoms with E-state index < -0.39 is 11.8 Å². The highest BCUT2D eigenvalue weighted by atomic mass is 16.2. The number of nitrogens with zero attached hydrogens (tertiary/aromatic N) is 2. The molecule has 0 unspecified atom stereocenters. The van der Waals surface area contributed by atoms with Crippen LogP contribution in [0.4, 0.5) is 5.82 Å². The number of carbonyl (C=O) groups excluding carboxylic acids is 2. The highest BCUT2D eigenvalue weighted by molar-refractivity contribution is 6.07. The number of aromatic nitrogens is 2. The zero-order valence-corrected chi connectivity index (χ0v) is 9.33. The van der Waals surface area contributed by atoms with Gasteiger partial charge >= 0.3 is 0 Å². The minimum absolute atomic E-state index is 0.138. The fourth-order valence-electron chi connectivity index (χ4n) is 1.38. The van der Waals surface area contributed by atoms with Crippen LogP contribution in [0.25, 0.3) is 0 Å². The summed E-state index contributed by atoms with van der Waals surface area (Å²) in [6, 6.07) is 6.31. The second-order valence-electron chi connectivity index (χ2n) is 3.46. The number of hydrogen-bond acceptors (Lipinski definition) is 4. The molecule has 0 fully saturated rings. The molecule has 0 aliphatic rings. The van der Waals surface area contributed by atoms with E-state index >= 15 is 0 Å². The Labute approximate surface area is 103 Å². The standard InChI is InChI=1S/C12H10N4O2/c13-10(17)9-4-2-6-15-11(9)16-12(18)8-3-1-5-14-7-8/h1-7H,(H2,13,17)(H,15,16,18). The van der Waals surface area contributed by atoms with Gasteiger partial charge in [0.05, 0.1) is 11.1 Å². The molecular formula is C12H10N4O2. The van der Waals surface area contributed by atoms with Gasteiger partial charge in [-0.05, 0) is 24.3 Å². The van der Waals surface area contributed by atoms with E-state index in [4.69, 9.17) is 5.73 Å². The third kappa shape index (κ3) is 2.49. The van der Waals surface area contributed by atoms with Crippen LogP contribution in [0.5, 0.6) is 0 Å². The lowest BCUT2D eigenvalue weighted by atomic mass is 10.2. The lowest BCUT2D eigenvalue weighted by molar-refractivity contribution is 0.100. The lowest BCUT2D eigenvalue weighted by Crippen LogP contribution is -2.19. The molecule has 0 saturated carbocycles. The van der Waals surface area contributed by atoms with Crippen molar-refractivity contribution in [1.29, 1.82) is 0 Å². The van der Waals surface area contributed by atoms with Crippen LogP contribution < -0.4 is 11.1 Å². The number of nitrogens with one attached hydrogen (secondary N) is 1. The summed E-state index contributed by atoms with van der Waals surface area (Å²) in [5.41, 5.74) is 5.72. The summed E-state index contributed by atoms with van der Waals surface area (Å²) in [6.07, 6.45) is 4.44. The number of rotatable bonds is 3. The third-order valence-electron chi connectivity index (χ3n) is 2.23. The Morgan fingerprint density at radius 1 is 1.17 bits per heavy atom. The summed E-state index contributed by atoms with van der Waals surface area (Å²) >= 11 is 0. The summed E-state index contributed by atoms with van der Waals surface area (Å²) in [7, 11) is 0. The Bertz CT molecular complexity index is 584. The minimum Gasteiger partial charge on any atom is -0.365 e. The number of amides is 2. The van der Waals surface area contributed by atoms with Gasteiger partial charge in [-0.25, -0.2) is 4.98 Å². The maximum atomic E-state index is 11.8. The van der Waals surface area contributed by atoms with Gasteiger partial charge in [0.25, 0.3) is 11.8 Å². The third-order valence-corrected chi connectivity index (χ3v) is 2.23. The number of primary amides is 1. The largest absolute Gasteiger partial charge is 0.365 e. The Kier molecular flexibility index (Phi) is 3.29. The van der Waals surface area contributed by atoms with Gasteiger partial charge in [0, 0.05) is 18.6 Å². The molecule has 0 bridgehead atoms. The maximum absolute atomic E-state index is 11.8. The van der Waals surface area contributed by atoms with Crippen LogP contribution in [0.3, 0.4) is 0 Å². The molecule has 2 rings (SSSR count). The number of pyridine rings is 2. The molecule has 0 atom stereocenters. The van der Waals surface area contributed by atoms with Crippen molar-refractivity contribution in [3.63, 3.8) is 0 Å². The van der Waals surface area contributed by atoms with Gasteiger partial charge in [-0.2, -0.15) is 0 Å². The van der Waals surface area contributed by atoms with E-state index in [0.717, 1.165) is 0 Å². The molecular weight excluding hydrogens is 232 g/mol. The molecule has 0 radical (unpaired) electrons. The highest BCUT2D eigenvalue weighted by Crippen LogP contribution is 2.11. The minimum atomic E-state index is -0.649. The SMILES string of the molecule is NC(=O)c1cccnc1NC(=O)c1cccnc1. The van der Waals surface area contributed by atoms with E-state index in [-0.39, 0.29) is 11.4 Å². The molecule has 0 spiro atoms. The first-order chi connectivity index (χ1) is 8.68. The number of nitrogens with two attached hydrogens (primary N) is 1. The van der Waals surface area contributed by atoms with Gasteiger partial charge < -0.3 is 11.1 Å². The van der Waals surface area contributed by atoms with Gasteiger partial charge in [0.15, 0.2) is 0 Å². The van der Waals surface area contributed by atoms with Crippen molar-refractivity contribution < 1.29 is 9.59 Å². The first-order valence-corrected chi connectivity index (χ1v) is 5.14. The monoisotopic (exact) mass is 242 g/mol. The topological polar surface area (TPSA) is 98.0 Å². The van der Waals surface area contributed by atoms with Gasteiger partial charge in [-0.3, -0.25) is 14.6 Å². The fraction of sp³-hybridized carbons (Fsp3) is 0. The number of anilines is 1. The van der Waals surface area contributed by atoms with E-state index in [0.29, 0.717) is 5.56 Å². The molecule has 2 heterocycles. The summed E-state index contributed by atoms with van der Waals surface area (Å²) in [5.74, 6) is -0.910. The summed E-state index contributed by atoms with van der Waals surface area (Å²) < 4.78 is 0. The first-order valence-electron chi connectivity index (χ1n) is 5.14. The average Bonchev–Trinajstić information content (AvgIpc) is 2.40. The van der Waals surface area contributed by atoms with Crippen molar-refractivity contribution in [2.75, 3.05) is 5.32 Å². The average molecular weight is 242 g/mol. The molecule has 0 aliphatic heterocycles. The van der Waals surface area contributed by atoms with E-state index in [1.807, 2.05) is 0 Å². The molecule has 6 nitrogen and oxygen atoms in total. The predicted molar refractivity (Wildman–Crippen MR) is 64.9 cm³/mol.